The van der Waals surface area contributed by atoms with Crippen molar-refractivity contribution < 1.29 is 14.3 Å². The number of unbranched alkanes of at least 4 members (excludes halogenated alkanes) is 1. The fourth-order valence-corrected chi connectivity index (χ4v) is 1.67. The van der Waals surface area contributed by atoms with E-state index in [4.69, 9.17) is 4.74 Å². The molecule has 0 radical (unpaired) electrons. The molecule has 1 rings (SSSR count). The molecule has 0 spiro atoms. The smallest absolute Gasteiger partial charge is 0.312 e. The first-order chi connectivity index (χ1) is 7.63. The van der Waals surface area contributed by atoms with Crippen molar-refractivity contribution in [2.45, 2.75) is 39.2 Å². The lowest BCUT2D eigenvalue weighted by atomic mass is 10.1. The lowest BCUT2D eigenvalue weighted by molar-refractivity contribution is -0.147. The number of ether oxygens (including phenoxy) is 1. The monoisotopic (exact) mass is 225 g/mol. The molecule has 1 aliphatic carbocycles. The standard InChI is InChI=1S/C12H19NO3/c1-3-4-7-16-12(15)10-5-6-11(8-10)13-9(2)14/h5-6,10-11H,3-4,7-8H2,1-2H3,(H,13,14)/t10-,11+/m0/s1. The number of amides is 1. The molecule has 0 fully saturated rings. The van der Waals surface area contributed by atoms with E-state index >= 15 is 0 Å². The Balaban J connectivity index is 2.27. The second-order valence-electron chi connectivity index (χ2n) is 4.06. The van der Waals surface area contributed by atoms with Crippen LogP contribution in [0.15, 0.2) is 12.2 Å². The van der Waals surface area contributed by atoms with E-state index in [0.717, 1.165) is 12.8 Å². The lowest BCUT2D eigenvalue weighted by Crippen LogP contribution is -2.31. The van der Waals surface area contributed by atoms with Crippen LogP contribution < -0.4 is 5.32 Å². The van der Waals surface area contributed by atoms with Crippen LogP contribution in [0.4, 0.5) is 0 Å². The third kappa shape index (κ3) is 4.04. The highest BCUT2D eigenvalue weighted by Gasteiger charge is 2.26. The summed E-state index contributed by atoms with van der Waals surface area (Å²) < 4.78 is 5.12. The maximum atomic E-state index is 11.6. The van der Waals surface area contributed by atoms with Crippen LogP contribution in [0, 0.1) is 5.92 Å². The second-order valence-corrected chi connectivity index (χ2v) is 4.06. The maximum absolute atomic E-state index is 11.6. The Labute approximate surface area is 96.0 Å². The van der Waals surface area contributed by atoms with Crippen LogP contribution in [0.1, 0.15) is 33.1 Å². The number of nitrogens with one attached hydrogen (secondary N) is 1. The van der Waals surface area contributed by atoms with Gasteiger partial charge in [0.1, 0.15) is 0 Å². The summed E-state index contributed by atoms with van der Waals surface area (Å²) in [6.07, 6.45) is 6.20. The van der Waals surface area contributed by atoms with Gasteiger partial charge in [0.2, 0.25) is 5.91 Å². The van der Waals surface area contributed by atoms with Gasteiger partial charge in [0.25, 0.3) is 0 Å². The number of esters is 1. The van der Waals surface area contributed by atoms with E-state index in [-0.39, 0.29) is 23.8 Å². The minimum absolute atomic E-state index is 0.0266. The molecule has 0 bridgehead atoms. The Morgan fingerprint density at radius 2 is 2.19 bits per heavy atom. The number of hydrogen-bond acceptors (Lipinski definition) is 3. The first-order valence-electron chi connectivity index (χ1n) is 5.75. The fraction of sp³-hybridized carbons (Fsp3) is 0.667. The Morgan fingerprint density at radius 1 is 1.44 bits per heavy atom. The SMILES string of the molecule is CCCCOC(=O)[C@H]1C=C[C@@H](NC(C)=O)C1. The van der Waals surface area contributed by atoms with Crippen molar-refractivity contribution in [3.63, 3.8) is 0 Å². The van der Waals surface area contributed by atoms with E-state index in [1.165, 1.54) is 6.92 Å². The molecular formula is C12H19NO3. The van der Waals surface area contributed by atoms with Gasteiger partial charge in [0, 0.05) is 13.0 Å². The van der Waals surface area contributed by atoms with Gasteiger partial charge in [-0.1, -0.05) is 25.5 Å². The van der Waals surface area contributed by atoms with E-state index < -0.39 is 0 Å². The summed E-state index contributed by atoms with van der Waals surface area (Å²) in [4.78, 5) is 22.4. The van der Waals surface area contributed by atoms with E-state index in [1.807, 2.05) is 12.2 Å². The first kappa shape index (κ1) is 12.7. The van der Waals surface area contributed by atoms with Crippen LogP contribution in [0.5, 0.6) is 0 Å². The minimum Gasteiger partial charge on any atom is -0.465 e. The van der Waals surface area contributed by atoms with Crippen molar-refractivity contribution in [3.05, 3.63) is 12.2 Å². The third-order valence-corrected chi connectivity index (χ3v) is 2.52. The normalized spacial score (nSPS) is 23.1. The van der Waals surface area contributed by atoms with E-state index in [9.17, 15) is 9.59 Å². The molecule has 0 aromatic heterocycles. The van der Waals surface area contributed by atoms with Gasteiger partial charge in [-0.15, -0.1) is 0 Å². The van der Waals surface area contributed by atoms with Crippen molar-refractivity contribution in [2.24, 2.45) is 5.92 Å². The molecule has 0 saturated heterocycles. The second kappa shape index (κ2) is 6.30. The molecule has 4 heteroatoms. The van der Waals surface area contributed by atoms with E-state index in [1.54, 1.807) is 0 Å². The van der Waals surface area contributed by atoms with Gasteiger partial charge < -0.3 is 10.1 Å². The summed E-state index contributed by atoms with van der Waals surface area (Å²) in [6.45, 7) is 4.02. The molecule has 1 N–H and O–H groups in total. The summed E-state index contributed by atoms with van der Waals surface area (Å²) in [7, 11) is 0. The van der Waals surface area contributed by atoms with Crippen LogP contribution in [0.3, 0.4) is 0 Å². The van der Waals surface area contributed by atoms with Crippen LogP contribution in [0.25, 0.3) is 0 Å². The molecule has 0 unspecified atom stereocenters. The van der Waals surface area contributed by atoms with E-state index in [0.29, 0.717) is 13.0 Å². The van der Waals surface area contributed by atoms with Gasteiger partial charge in [-0.3, -0.25) is 9.59 Å². The van der Waals surface area contributed by atoms with Crippen LogP contribution in [-0.4, -0.2) is 24.5 Å². The highest BCUT2D eigenvalue weighted by molar-refractivity contribution is 5.77. The molecule has 4 nitrogen and oxygen atoms in total. The van der Waals surface area contributed by atoms with Gasteiger partial charge >= 0.3 is 5.97 Å². The number of hydrogen-bond donors (Lipinski definition) is 1. The van der Waals surface area contributed by atoms with Crippen molar-refractivity contribution in [1.29, 1.82) is 0 Å². The number of rotatable bonds is 5. The lowest BCUT2D eigenvalue weighted by Gasteiger charge is -2.12. The van der Waals surface area contributed by atoms with Gasteiger partial charge in [0.15, 0.2) is 0 Å². The predicted molar refractivity (Wildman–Crippen MR) is 60.7 cm³/mol. The summed E-state index contributed by atoms with van der Waals surface area (Å²) in [5, 5.41) is 2.76. The van der Waals surface area contributed by atoms with Crippen molar-refractivity contribution in [2.75, 3.05) is 6.61 Å². The molecular weight excluding hydrogens is 206 g/mol. The minimum atomic E-state index is -0.200. The fourth-order valence-electron chi connectivity index (χ4n) is 1.67. The molecule has 16 heavy (non-hydrogen) atoms. The van der Waals surface area contributed by atoms with Crippen molar-refractivity contribution in [3.8, 4) is 0 Å². The van der Waals surface area contributed by atoms with Crippen LogP contribution in [0.2, 0.25) is 0 Å². The molecule has 90 valence electrons. The van der Waals surface area contributed by atoms with Crippen LogP contribution in [-0.2, 0) is 14.3 Å². The average Bonchev–Trinajstić information content (AvgIpc) is 2.65. The van der Waals surface area contributed by atoms with Gasteiger partial charge in [-0.05, 0) is 12.8 Å². The molecule has 2 atom stereocenters. The molecule has 0 saturated carbocycles. The molecule has 0 aliphatic heterocycles. The topological polar surface area (TPSA) is 55.4 Å². The largest absolute Gasteiger partial charge is 0.465 e. The van der Waals surface area contributed by atoms with Crippen molar-refractivity contribution >= 4 is 11.9 Å². The highest BCUT2D eigenvalue weighted by Crippen LogP contribution is 2.19. The predicted octanol–water partition coefficient (Wildman–Crippen LogP) is 1.41. The number of carbonyl (C=O) groups is 2. The Kier molecular flexibility index (Phi) is 5.02. The molecule has 0 aromatic carbocycles. The molecule has 0 aromatic rings. The summed E-state index contributed by atoms with van der Waals surface area (Å²) in [5.41, 5.74) is 0. The molecule has 0 heterocycles. The summed E-state index contributed by atoms with van der Waals surface area (Å²) >= 11 is 0. The zero-order chi connectivity index (χ0) is 12.0. The molecule has 1 amide bonds. The van der Waals surface area contributed by atoms with Crippen LogP contribution >= 0.6 is 0 Å². The Bertz CT molecular complexity index is 286. The quantitative estimate of drug-likeness (QED) is 0.437. The zero-order valence-corrected chi connectivity index (χ0v) is 9.86. The van der Waals surface area contributed by atoms with Gasteiger partial charge in [0.05, 0.1) is 12.5 Å². The van der Waals surface area contributed by atoms with Gasteiger partial charge in [-0.2, -0.15) is 0 Å². The Morgan fingerprint density at radius 3 is 2.81 bits per heavy atom. The zero-order valence-electron chi connectivity index (χ0n) is 9.86. The van der Waals surface area contributed by atoms with E-state index in [2.05, 4.69) is 12.2 Å². The maximum Gasteiger partial charge on any atom is 0.312 e. The third-order valence-electron chi connectivity index (χ3n) is 2.52. The van der Waals surface area contributed by atoms with Crippen molar-refractivity contribution in [1.82, 2.24) is 5.32 Å². The first-order valence-corrected chi connectivity index (χ1v) is 5.75. The number of carbonyl (C=O) groups excluding carboxylic acids is 2. The van der Waals surface area contributed by atoms with Gasteiger partial charge in [-0.25, -0.2) is 0 Å². The highest BCUT2D eigenvalue weighted by atomic mass is 16.5. The summed E-state index contributed by atoms with van der Waals surface area (Å²) in [6, 6.07) is -0.0266. The molecule has 1 aliphatic rings. The average molecular weight is 225 g/mol. The Hall–Kier alpha value is -1.32. The summed E-state index contributed by atoms with van der Waals surface area (Å²) in [5.74, 6) is -0.457.